The molecule has 4 aliphatic rings. The Hall–Kier alpha value is -6.91. The van der Waals surface area contributed by atoms with Crippen LogP contribution < -0.4 is 30.7 Å². The standard InChI is InChI=1S/C46H52N12O5/c1-28-20-30(6-12-35(28)29(2)50-40(60)41-53-43(54-63-41)45(3,4)5)36-21-38(49-27-48-36)51-37-13-11-34(22-47-37)55-18-15-46(16-19-55)25-57(26-46)42(61)31-23-56(24-31)32-7-9-33(10-8-32)58-17-14-39(59)52-44(58)62/h6-13,20-22,27,29,31H,14-19,23-26H2,1-5H3,(H,50,60)(H,52,59,62)(H,47,48,49,51)/t29-/m1/s1. The lowest BCUT2D eigenvalue weighted by Gasteiger charge is -2.56. The summed E-state index contributed by atoms with van der Waals surface area (Å²) in [4.78, 5) is 76.0. The lowest BCUT2D eigenvalue weighted by atomic mass is 9.71. The van der Waals surface area contributed by atoms with E-state index in [1.807, 2.05) is 100 Å². The van der Waals surface area contributed by atoms with Gasteiger partial charge in [-0.05, 0) is 80.3 Å². The zero-order valence-electron chi connectivity index (χ0n) is 36.2. The molecule has 4 aliphatic heterocycles. The molecule has 1 atom stereocenters. The van der Waals surface area contributed by atoms with E-state index in [2.05, 4.69) is 51.9 Å². The van der Waals surface area contributed by atoms with Crippen molar-refractivity contribution in [2.75, 3.05) is 65.8 Å². The number of aryl methyl sites for hydroxylation is 1. The Morgan fingerprint density at radius 2 is 1.60 bits per heavy atom. The molecule has 4 fully saturated rings. The topological polar surface area (TPSA) is 195 Å². The highest BCUT2D eigenvalue weighted by Crippen LogP contribution is 2.43. The lowest BCUT2D eigenvalue weighted by molar-refractivity contribution is -0.150. The molecule has 9 rings (SSSR count). The third kappa shape index (κ3) is 8.64. The van der Waals surface area contributed by atoms with E-state index in [4.69, 9.17) is 9.51 Å². The van der Waals surface area contributed by atoms with Crippen molar-refractivity contribution in [3.63, 3.8) is 0 Å². The normalized spacial score (nSPS) is 18.1. The van der Waals surface area contributed by atoms with Crippen molar-refractivity contribution < 1.29 is 23.7 Å². The van der Waals surface area contributed by atoms with Crippen LogP contribution in [-0.4, -0.2) is 99.6 Å². The Labute approximate surface area is 365 Å². The molecular weight excluding hydrogens is 801 g/mol. The van der Waals surface area contributed by atoms with Gasteiger partial charge in [0, 0.05) is 86.1 Å². The first-order valence-corrected chi connectivity index (χ1v) is 21.5. The minimum Gasteiger partial charge on any atom is -0.370 e. The number of pyridine rings is 1. The van der Waals surface area contributed by atoms with Crippen LogP contribution in [0, 0.1) is 18.3 Å². The van der Waals surface area contributed by atoms with Gasteiger partial charge in [0.2, 0.25) is 11.8 Å². The van der Waals surface area contributed by atoms with Gasteiger partial charge in [-0.25, -0.2) is 19.7 Å². The summed E-state index contributed by atoms with van der Waals surface area (Å²) >= 11 is 0. The number of hydrogen-bond acceptors (Lipinski definition) is 13. The van der Waals surface area contributed by atoms with Crippen LogP contribution in [0.5, 0.6) is 0 Å². The molecule has 63 heavy (non-hydrogen) atoms. The average molecular weight is 853 g/mol. The number of nitrogens with one attached hydrogen (secondary N) is 3. The lowest BCUT2D eigenvalue weighted by Crippen LogP contribution is -2.65. The molecule has 0 radical (unpaired) electrons. The first-order chi connectivity index (χ1) is 30.2. The minimum atomic E-state index is -0.421. The summed E-state index contributed by atoms with van der Waals surface area (Å²) in [6.07, 6.45) is 5.76. The van der Waals surface area contributed by atoms with Crippen LogP contribution in [-0.2, 0) is 15.0 Å². The molecule has 3 N–H and O–H groups in total. The van der Waals surface area contributed by atoms with Gasteiger partial charge in [-0.2, -0.15) is 4.98 Å². The number of aromatic nitrogens is 5. The van der Waals surface area contributed by atoms with Crippen LogP contribution in [0.2, 0.25) is 0 Å². The van der Waals surface area contributed by atoms with Crippen molar-refractivity contribution in [3.05, 3.63) is 96.0 Å². The van der Waals surface area contributed by atoms with Crippen LogP contribution in [0.1, 0.15) is 80.6 Å². The predicted molar refractivity (Wildman–Crippen MR) is 237 cm³/mol. The second kappa shape index (κ2) is 16.4. The summed E-state index contributed by atoms with van der Waals surface area (Å²) in [5, 5.41) is 12.6. The number of anilines is 5. The number of amides is 5. The Balaban J connectivity index is 0.724. The maximum atomic E-state index is 13.4. The first kappa shape index (κ1) is 41.4. The number of nitrogens with zero attached hydrogens (tertiary/aromatic N) is 9. The first-order valence-electron chi connectivity index (χ1n) is 21.5. The average Bonchev–Trinajstić information content (AvgIpc) is 3.75. The molecule has 4 saturated heterocycles. The van der Waals surface area contributed by atoms with Gasteiger partial charge in [-0.15, -0.1) is 0 Å². The Morgan fingerprint density at radius 1 is 0.873 bits per heavy atom. The van der Waals surface area contributed by atoms with Gasteiger partial charge >= 0.3 is 17.8 Å². The molecule has 17 heteroatoms. The largest absolute Gasteiger partial charge is 0.370 e. The molecule has 3 aromatic heterocycles. The fourth-order valence-electron chi connectivity index (χ4n) is 8.87. The number of piperidine rings is 1. The van der Waals surface area contributed by atoms with Crippen LogP contribution in [0.25, 0.3) is 11.3 Å². The third-order valence-electron chi connectivity index (χ3n) is 12.7. The zero-order chi connectivity index (χ0) is 44.0. The van der Waals surface area contributed by atoms with Crippen molar-refractivity contribution in [2.24, 2.45) is 11.3 Å². The van der Waals surface area contributed by atoms with Crippen molar-refractivity contribution in [2.45, 2.75) is 65.3 Å². The van der Waals surface area contributed by atoms with Gasteiger partial charge in [-0.3, -0.25) is 24.6 Å². The smallest absolute Gasteiger partial charge is 0.328 e. The summed E-state index contributed by atoms with van der Waals surface area (Å²) in [6.45, 7) is 15.0. The number of carbonyl (C=O) groups excluding carboxylic acids is 4. The summed E-state index contributed by atoms with van der Waals surface area (Å²) < 4.78 is 5.22. The minimum absolute atomic E-state index is 0.00639. The quantitative estimate of drug-likeness (QED) is 0.153. The number of likely N-dealkylation sites (tertiary alicyclic amines) is 1. The molecule has 2 aromatic carbocycles. The second-order valence-electron chi connectivity index (χ2n) is 18.3. The van der Waals surface area contributed by atoms with Crippen LogP contribution >= 0.6 is 0 Å². The van der Waals surface area contributed by atoms with Crippen LogP contribution in [0.4, 0.5) is 33.5 Å². The number of urea groups is 1. The van der Waals surface area contributed by atoms with E-state index < -0.39 is 11.9 Å². The fourth-order valence-corrected chi connectivity index (χ4v) is 8.87. The van der Waals surface area contributed by atoms with Crippen LogP contribution in [0.3, 0.4) is 0 Å². The second-order valence-corrected chi connectivity index (χ2v) is 18.3. The molecule has 0 saturated carbocycles. The molecule has 5 aromatic rings. The van der Waals surface area contributed by atoms with Crippen molar-refractivity contribution >= 4 is 52.5 Å². The summed E-state index contributed by atoms with van der Waals surface area (Å²) in [7, 11) is 0. The number of benzene rings is 2. The third-order valence-corrected chi connectivity index (χ3v) is 12.7. The number of imide groups is 1. The highest BCUT2D eigenvalue weighted by molar-refractivity contribution is 6.05. The molecule has 17 nitrogen and oxygen atoms in total. The SMILES string of the molecule is Cc1cc(-c2cc(Nc3ccc(N4CCC5(CC4)CN(C(=O)C4CN(c6ccc(N7CCC(=O)NC7=O)cc6)C4)C5)cn3)ncn2)ccc1[C@@H](C)NC(=O)c1nc(C(C)(C)C)no1. The van der Waals surface area contributed by atoms with E-state index in [0.29, 0.717) is 37.1 Å². The van der Waals surface area contributed by atoms with E-state index in [1.165, 1.54) is 6.33 Å². The monoisotopic (exact) mass is 852 g/mol. The van der Waals surface area contributed by atoms with E-state index in [1.54, 1.807) is 4.90 Å². The fraction of sp³-hybridized carbons (Fsp3) is 0.413. The molecule has 5 amide bonds. The molecular formula is C46H52N12O5. The molecule has 326 valence electrons. The van der Waals surface area contributed by atoms with Crippen LogP contribution in [0.15, 0.2) is 77.7 Å². The van der Waals surface area contributed by atoms with Gasteiger partial charge in [-0.1, -0.05) is 38.1 Å². The molecule has 1 spiro atoms. The van der Waals surface area contributed by atoms with Crippen molar-refractivity contribution in [1.29, 1.82) is 0 Å². The summed E-state index contributed by atoms with van der Waals surface area (Å²) in [5.74, 6) is 1.28. The number of hydrogen-bond donors (Lipinski definition) is 3. The van der Waals surface area contributed by atoms with E-state index >= 15 is 0 Å². The highest BCUT2D eigenvalue weighted by atomic mass is 16.5. The Kier molecular flexibility index (Phi) is 10.8. The van der Waals surface area contributed by atoms with E-state index in [0.717, 1.165) is 78.5 Å². The van der Waals surface area contributed by atoms with E-state index in [-0.39, 0.29) is 46.9 Å². The maximum Gasteiger partial charge on any atom is 0.328 e. The maximum absolute atomic E-state index is 13.4. The summed E-state index contributed by atoms with van der Waals surface area (Å²) in [5.41, 5.74) is 6.30. The van der Waals surface area contributed by atoms with E-state index in [9.17, 15) is 19.2 Å². The molecule has 0 aliphatic carbocycles. The zero-order valence-corrected chi connectivity index (χ0v) is 36.2. The highest BCUT2D eigenvalue weighted by Gasteiger charge is 2.49. The number of rotatable bonds is 10. The molecule has 0 bridgehead atoms. The van der Waals surface area contributed by atoms with Gasteiger partial charge < -0.3 is 29.9 Å². The van der Waals surface area contributed by atoms with Gasteiger partial charge in [0.1, 0.15) is 18.0 Å². The summed E-state index contributed by atoms with van der Waals surface area (Å²) in [6, 6.07) is 19.0. The Bertz CT molecular complexity index is 2530. The number of carbonyl (C=O) groups is 4. The predicted octanol–water partition coefficient (Wildman–Crippen LogP) is 5.77. The van der Waals surface area contributed by atoms with Gasteiger partial charge in [0.15, 0.2) is 5.82 Å². The molecule has 7 heterocycles. The molecule has 0 unspecified atom stereocenters. The van der Waals surface area contributed by atoms with Gasteiger partial charge in [0.25, 0.3) is 0 Å². The van der Waals surface area contributed by atoms with Crippen molar-refractivity contribution in [1.82, 2.24) is 40.6 Å². The Morgan fingerprint density at radius 3 is 2.27 bits per heavy atom. The van der Waals surface area contributed by atoms with Crippen molar-refractivity contribution in [3.8, 4) is 11.3 Å². The van der Waals surface area contributed by atoms with Gasteiger partial charge in [0.05, 0.1) is 29.5 Å².